The minimum absolute atomic E-state index is 0.262. The number of hydrogen-bond donors (Lipinski definition) is 1. The van der Waals surface area contributed by atoms with Gasteiger partial charge in [0.2, 0.25) is 0 Å². The maximum Gasteiger partial charge on any atom is 0.329 e. The Morgan fingerprint density at radius 1 is 0.840 bits per heavy atom. The van der Waals surface area contributed by atoms with Crippen LogP contribution in [-0.4, -0.2) is 16.8 Å². The third-order valence-electron chi connectivity index (χ3n) is 4.27. The SMILES string of the molecule is O=C1N/C(=C\c2cccc3ccccc23)C(=O)N1Cc1ccccc1. The van der Waals surface area contributed by atoms with Crippen LogP contribution in [-0.2, 0) is 11.3 Å². The zero-order chi connectivity index (χ0) is 17.2. The summed E-state index contributed by atoms with van der Waals surface area (Å²) in [7, 11) is 0. The van der Waals surface area contributed by atoms with Gasteiger partial charge in [-0.15, -0.1) is 0 Å². The van der Waals surface area contributed by atoms with Gasteiger partial charge in [-0.1, -0.05) is 72.8 Å². The topological polar surface area (TPSA) is 49.4 Å². The van der Waals surface area contributed by atoms with Crippen LogP contribution in [0, 0.1) is 0 Å². The van der Waals surface area contributed by atoms with Crippen LogP contribution in [0.4, 0.5) is 4.79 Å². The molecule has 3 amide bonds. The molecular formula is C21H16N2O2. The fourth-order valence-electron chi connectivity index (χ4n) is 3.01. The number of rotatable bonds is 3. The monoisotopic (exact) mass is 328 g/mol. The molecule has 4 nitrogen and oxygen atoms in total. The van der Waals surface area contributed by atoms with E-state index in [0.29, 0.717) is 5.70 Å². The van der Waals surface area contributed by atoms with Gasteiger partial charge >= 0.3 is 6.03 Å². The Morgan fingerprint density at radius 3 is 2.40 bits per heavy atom. The first-order chi connectivity index (χ1) is 12.2. The van der Waals surface area contributed by atoms with Crippen LogP contribution < -0.4 is 5.32 Å². The van der Waals surface area contributed by atoms with Crippen molar-refractivity contribution in [3.8, 4) is 0 Å². The molecule has 1 fully saturated rings. The van der Waals surface area contributed by atoms with Crippen molar-refractivity contribution in [1.29, 1.82) is 0 Å². The second kappa shape index (κ2) is 6.24. The fourth-order valence-corrected chi connectivity index (χ4v) is 3.01. The minimum atomic E-state index is -0.389. The summed E-state index contributed by atoms with van der Waals surface area (Å²) in [5.74, 6) is -0.304. The number of nitrogens with zero attached hydrogens (tertiary/aromatic N) is 1. The first-order valence-corrected chi connectivity index (χ1v) is 8.08. The fraction of sp³-hybridized carbons (Fsp3) is 0.0476. The summed E-state index contributed by atoms with van der Waals surface area (Å²) in [4.78, 5) is 26.1. The quantitative estimate of drug-likeness (QED) is 0.585. The Balaban J connectivity index is 1.66. The van der Waals surface area contributed by atoms with E-state index in [1.54, 1.807) is 6.08 Å². The predicted molar refractivity (Wildman–Crippen MR) is 97.4 cm³/mol. The molecule has 0 spiro atoms. The summed E-state index contributed by atoms with van der Waals surface area (Å²) >= 11 is 0. The van der Waals surface area contributed by atoms with Gasteiger partial charge in [-0.3, -0.25) is 9.69 Å². The molecule has 3 aromatic carbocycles. The van der Waals surface area contributed by atoms with Crippen molar-refractivity contribution in [3.63, 3.8) is 0 Å². The molecule has 4 rings (SSSR count). The molecule has 0 unspecified atom stereocenters. The number of hydrogen-bond acceptors (Lipinski definition) is 2. The normalized spacial score (nSPS) is 15.8. The highest BCUT2D eigenvalue weighted by Crippen LogP contribution is 2.23. The van der Waals surface area contributed by atoms with E-state index in [1.807, 2.05) is 72.8 Å². The number of carbonyl (C=O) groups excluding carboxylic acids is 2. The van der Waals surface area contributed by atoms with Crippen LogP contribution in [0.3, 0.4) is 0 Å². The Labute approximate surface area is 145 Å². The Morgan fingerprint density at radius 2 is 1.56 bits per heavy atom. The van der Waals surface area contributed by atoms with Gasteiger partial charge in [0, 0.05) is 0 Å². The molecule has 0 atom stereocenters. The van der Waals surface area contributed by atoms with E-state index in [4.69, 9.17) is 0 Å². The number of benzene rings is 3. The van der Waals surface area contributed by atoms with Crippen molar-refractivity contribution in [1.82, 2.24) is 10.2 Å². The highest BCUT2D eigenvalue weighted by molar-refractivity contribution is 6.14. The zero-order valence-electron chi connectivity index (χ0n) is 13.5. The summed E-state index contributed by atoms with van der Waals surface area (Å²) in [6.45, 7) is 0.262. The molecule has 0 aromatic heterocycles. The van der Waals surface area contributed by atoms with Crippen LogP contribution in [0.1, 0.15) is 11.1 Å². The molecule has 0 aliphatic carbocycles. The molecule has 0 radical (unpaired) electrons. The van der Waals surface area contributed by atoms with Crippen LogP contribution in [0.5, 0.6) is 0 Å². The van der Waals surface area contributed by atoms with Gasteiger partial charge in [0.25, 0.3) is 5.91 Å². The van der Waals surface area contributed by atoms with Crippen molar-refractivity contribution < 1.29 is 9.59 Å². The average molecular weight is 328 g/mol. The van der Waals surface area contributed by atoms with Crippen molar-refractivity contribution >= 4 is 28.8 Å². The molecule has 0 saturated carbocycles. The zero-order valence-corrected chi connectivity index (χ0v) is 13.5. The number of carbonyl (C=O) groups is 2. The van der Waals surface area contributed by atoms with E-state index in [0.717, 1.165) is 21.9 Å². The Kier molecular flexibility index (Phi) is 3.78. The second-order valence-corrected chi connectivity index (χ2v) is 5.93. The summed E-state index contributed by atoms with van der Waals surface area (Å²) in [6, 6.07) is 23.0. The van der Waals surface area contributed by atoms with Crippen LogP contribution in [0.25, 0.3) is 16.8 Å². The lowest BCUT2D eigenvalue weighted by Gasteiger charge is -2.11. The molecule has 122 valence electrons. The van der Waals surface area contributed by atoms with Crippen molar-refractivity contribution in [2.75, 3.05) is 0 Å². The van der Waals surface area contributed by atoms with E-state index in [1.165, 1.54) is 4.90 Å². The third-order valence-corrected chi connectivity index (χ3v) is 4.27. The van der Waals surface area contributed by atoms with E-state index in [9.17, 15) is 9.59 Å². The molecule has 1 aliphatic rings. The summed E-state index contributed by atoms with van der Waals surface area (Å²) in [5.41, 5.74) is 2.12. The molecule has 1 saturated heterocycles. The summed E-state index contributed by atoms with van der Waals surface area (Å²) in [5, 5.41) is 4.82. The lowest BCUT2D eigenvalue weighted by molar-refractivity contribution is -0.123. The lowest BCUT2D eigenvalue weighted by atomic mass is 10.0. The highest BCUT2D eigenvalue weighted by atomic mass is 16.2. The van der Waals surface area contributed by atoms with E-state index in [-0.39, 0.29) is 18.5 Å². The number of amides is 3. The maximum absolute atomic E-state index is 12.6. The van der Waals surface area contributed by atoms with Gasteiger partial charge in [0.1, 0.15) is 5.70 Å². The lowest BCUT2D eigenvalue weighted by Crippen LogP contribution is -2.30. The maximum atomic E-state index is 12.6. The molecule has 25 heavy (non-hydrogen) atoms. The van der Waals surface area contributed by atoms with Gasteiger partial charge in [-0.05, 0) is 28.0 Å². The van der Waals surface area contributed by atoms with Crippen LogP contribution >= 0.6 is 0 Å². The largest absolute Gasteiger partial charge is 0.329 e. The van der Waals surface area contributed by atoms with Crippen molar-refractivity contribution in [2.24, 2.45) is 0 Å². The Bertz CT molecular complexity index is 988. The molecular weight excluding hydrogens is 312 g/mol. The molecule has 1 aliphatic heterocycles. The van der Waals surface area contributed by atoms with Crippen LogP contribution in [0.2, 0.25) is 0 Å². The summed E-state index contributed by atoms with van der Waals surface area (Å²) in [6.07, 6.45) is 1.74. The first kappa shape index (κ1) is 15.1. The number of imide groups is 1. The van der Waals surface area contributed by atoms with Gasteiger partial charge in [-0.2, -0.15) is 0 Å². The molecule has 0 bridgehead atoms. The molecule has 1 heterocycles. The second-order valence-electron chi connectivity index (χ2n) is 5.93. The van der Waals surface area contributed by atoms with E-state index in [2.05, 4.69) is 5.32 Å². The number of urea groups is 1. The van der Waals surface area contributed by atoms with Gasteiger partial charge in [0.15, 0.2) is 0 Å². The average Bonchev–Trinajstić information content (AvgIpc) is 2.90. The highest BCUT2D eigenvalue weighted by Gasteiger charge is 2.33. The number of fused-ring (bicyclic) bond motifs is 1. The van der Waals surface area contributed by atoms with E-state index >= 15 is 0 Å². The van der Waals surface area contributed by atoms with Gasteiger partial charge < -0.3 is 5.32 Å². The van der Waals surface area contributed by atoms with Crippen molar-refractivity contribution in [3.05, 3.63) is 89.6 Å². The first-order valence-electron chi connectivity index (χ1n) is 8.08. The standard InChI is InChI=1S/C21H16N2O2/c24-20-19(13-17-11-6-10-16-9-4-5-12-18(16)17)22-21(25)23(20)14-15-7-2-1-3-8-15/h1-13H,14H2,(H,22,25)/b19-13-. The number of nitrogens with one attached hydrogen (secondary N) is 1. The van der Waals surface area contributed by atoms with Crippen LogP contribution in [0.15, 0.2) is 78.5 Å². The molecule has 1 N–H and O–H groups in total. The summed E-state index contributed by atoms with van der Waals surface area (Å²) < 4.78 is 0. The predicted octanol–water partition coefficient (Wildman–Crippen LogP) is 3.93. The van der Waals surface area contributed by atoms with Gasteiger partial charge in [0.05, 0.1) is 6.54 Å². The minimum Gasteiger partial charge on any atom is -0.303 e. The van der Waals surface area contributed by atoms with E-state index < -0.39 is 0 Å². The Hall–Kier alpha value is -3.40. The molecule has 3 aromatic rings. The molecule has 4 heteroatoms. The third kappa shape index (κ3) is 2.90. The van der Waals surface area contributed by atoms with Crippen molar-refractivity contribution in [2.45, 2.75) is 6.54 Å². The smallest absolute Gasteiger partial charge is 0.303 e. The van der Waals surface area contributed by atoms with Gasteiger partial charge in [-0.25, -0.2) is 4.79 Å².